The van der Waals surface area contributed by atoms with Crippen molar-refractivity contribution in [3.8, 4) is 0 Å². The van der Waals surface area contributed by atoms with Gasteiger partial charge in [0.15, 0.2) is 0 Å². The molecule has 0 bridgehead atoms. The molecule has 0 aliphatic rings. The van der Waals surface area contributed by atoms with E-state index in [1.165, 1.54) is 0 Å². The summed E-state index contributed by atoms with van der Waals surface area (Å²) in [5.41, 5.74) is 0.724. The van der Waals surface area contributed by atoms with E-state index < -0.39 is 13.8 Å². The number of aromatic nitrogens is 1. The minimum absolute atomic E-state index is 0.319. The Hall–Kier alpha value is -0.610. The summed E-state index contributed by atoms with van der Waals surface area (Å²) in [6.45, 7) is 3.17. The summed E-state index contributed by atoms with van der Waals surface area (Å²) >= 11 is 0. The lowest BCUT2D eigenvalue weighted by molar-refractivity contribution is 0.556. The van der Waals surface area contributed by atoms with E-state index >= 15 is 0 Å². The number of pyridine rings is 1. The largest absolute Gasteiger partial charge is 0.261 e. The third-order valence-electron chi connectivity index (χ3n) is 1.99. The molecule has 0 N–H and O–H groups in total. The first-order chi connectivity index (χ1) is 6.33. The predicted molar refractivity (Wildman–Crippen MR) is 56.8 cm³/mol. The molecular formula is C9H12ClNO2S. The lowest BCUT2D eigenvalue weighted by Gasteiger charge is -2.19. The molecule has 0 fully saturated rings. The molecule has 1 heterocycles. The zero-order chi connectivity index (χ0) is 10.8. The maximum absolute atomic E-state index is 11.2. The predicted octanol–water partition coefficient (Wildman–Crippen LogP) is 1.97. The number of halogens is 1. The Kier molecular flexibility index (Phi) is 3.17. The van der Waals surface area contributed by atoms with Crippen LogP contribution in [-0.2, 0) is 15.5 Å². The zero-order valence-electron chi connectivity index (χ0n) is 8.07. The second-order valence-corrected chi connectivity index (χ2v) is 6.90. The van der Waals surface area contributed by atoms with E-state index in [0.29, 0.717) is 6.42 Å². The van der Waals surface area contributed by atoms with Gasteiger partial charge in [-0.3, -0.25) is 4.98 Å². The maximum Gasteiger partial charge on any atom is 0.238 e. The van der Waals surface area contributed by atoms with Gasteiger partial charge in [-0.25, -0.2) is 8.42 Å². The highest BCUT2D eigenvalue weighted by atomic mass is 35.7. The molecule has 5 heteroatoms. The maximum atomic E-state index is 11.2. The summed E-state index contributed by atoms with van der Waals surface area (Å²) in [4.78, 5) is 4.05. The molecule has 1 aromatic heterocycles. The van der Waals surface area contributed by atoms with Gasteiger partial charge in [-0.1, -0.05) is 6.07 Å². The van der Waals surface area contributed by atoms with E-state index in [9.17, 15) is 8.42 Å². The van der Waals surface area contributed by atoms with E-state index in [0.717, 1.165) is 5.69 Å². The molecule has 1 rings (SSSR count). The average molecular weight is 234 g/mol. The Morgan fingerprint density at radius 1 is 1.43 bits per heavy atom. The fourth-order valence-electron chi connectivity index (χ4n) is 1.03. The Labute approximate surface area is 88.5 Å². The number of rotatable bonds is 3. The summed E-state index contributed by atoms with van der Waals surface area (Å²) in [6.07, 6.45) is 1.95. The van der Waals surface area contributed by atoms with E-state index in [4.69, 9.17) is 10.7 Å². The quantitative estimate of drug-likeness (QED) is 0.750. The van der Waals surface area contributed by atoms with Crippen LogP contribution in [0.4, 0.5) is 0 Å². The topological polar surface area (TPSA) is 47.0 Å². The van der Waals surface area contributed by atoms with Crippen LogP contribution in [0.2, 0.25) is 0 Å². The van der Waals surface area contributed by atoms with Crippen LogP contribution in [0, 0.1) is 0 Å². The average Bonchev–Trinajstić information content (AvgIpc) is 2.03. The smallest absolute Gasteiger partial charge is 0.238 e. The zero-order valence-corrected chi connectivity index (χ0v) is 9.64. The lowest BCUT2D eigenvalue weighted by atomic mass is 10.1. The molecule has 0 aliphatic heterocycles. The van der Waals surface area contributed by atoms with Crippen LogP contribution >= 0.6 is 10.7 Å². The van der Waals surface area contributed by atoms with Gasteiger partial charge in [0.25, 0.3) is 0 Å². The van der Waals surface area contributed by atoms with Crippen LogP contribution in [-0.4, -0.2) is 18.1 Å². The second kappa shape index (κ2) is 3.87. The van der Waals surface area contributed by atoms with E-state index in [-0.39, 0.29) is 0 Å². The molecule has 0 unspecified atom stereocenters. The minimum atomic E-state index is -3.57. The van der Waals surface area contributed by atoms with Gasteiger partial charge in [-0.15, -0.1) is 0 Å². The molecule has 0 radical (unpaired) electrons. The highest BCUT2D eigenvalue weighted by molar-refractivity contribution is 8.14. The molecule has 1 aromatic rings. The Bertz CT molecular complexity index is 400. The van der Waals surface area contributed by atoms with Crippen LogP contribution in [0.1, 0.15) is 19.5 Å². The lowest BCUT2D eigenvalue weighted by Crippen LogP contribution is -2.30. The van der Waals surface area contributed by atoms with Crippen molar-refractivity contribution in [2.24, 2.45) is 0 Å². The molecule has 0 aromatic carbocycles. The number of hydrogen-bond acceptors (Lipinski definition) is 3. The number of hydrogen-bond donors (Lipinski definition) is 0. The SMILES string of the molecule is CC(C)(Cc1ccccn1)S(=O)(=O)Cl. The molecule has 14 heavy (non-hydrogen) atoms. The first kappa shape index (κ1) is 11.5. The fourth-order valence-corrected chi connectivity index (χ4v) is 1.51. The van der Waals surface area contributed by atoms with Crippen LogP contribution in [0.5, 0.6) is 0 Å². The van der Waals surface area contributed by atoms with Gasteiger partial charge >= 0.3 is 0 Å². The Morgan fingerprint density at radius 2 is 2.07 bits per heavy atom. The van der Waals surface area contributed by atoms with Crippen molar-refractivity contribution < 1.29 is 8.42 Å². The van der Waals surface area contributed by atoms with Crippen molar-refractivity contribution in [3.63, 3.8) is 0 Å². The second-order valence-electron chi connectivity index (χ2n) is 3.70. The molecule has 0 amide bonds. The summed E-state index contributed by atoms with van der Waals surface area (Å²) < 4.78 is 21.4. The number of nitrogens with zero attached hydrogens (tertiary/aromatic N) is 1. The summed E-state index contributed by atoms with van der Waals surface area (Å²) in [6, 6.07) is 5.38. The summed E-state index contributed by atoms with van der Waals surface area (Å²) in [7, 11) is 1.75. The van der Waals surface area contributed by atoms with Crippen molar-refractivity contribution in [2.75, 3.05) is 0 Å². The van der Waals surface area contributed by atoms with Crippen molar-refractivity contribution in [3.05, 3.63) is 30.1 Å². The molecule has 0 aliphatic carbocycles. The van der Waals surface area contributed by atoms with Gasteiger partial charge in [0, 0.05) is 29.0 Å². The molecule has 0 saturated carbocycles. The van der Waals surface area contributed by atoms with E-state index in [1.54, 1.807) is 32.2 Å². The first-order valence-corrected chi connectivity index (χ1v) is 6.48. The minimum Gasteiger partial charge on any atom is -0.261 e. The van der Waals surface area contributed by atoms with Gasteiger partial charge in [-0.2, -0.15) is 0 Å². The molecule has 0 atom stereocenters. The standard InChI is InChI=1S/C9H12ClNO2S/c1-9(2,14(10,12)13)7-8-5-3-4-6-11-8/h3-6H,7H2,1-2H3. The summed E-state index contributed by atoms with van der Waals surface area (Å²) in [5.74, 6) is 0. The Balaban J connectivity index is 2.90. The van der Waals surface area contributed by atoms with Crippen LogP contribution in [0.3, 0.4) is 0 Å². The highest BCUT2D eigenvalue weighted by Crippen LogP contribution is 2.24. The van der Waals surface area contributed by atoms with E-state index in [2.05, 4.69) is 4.98 Å². The molecule has 3 nitrogen and oxygen atoms in total. The molecule has 0 spiro atoms. The van der Waals surface area contributed by atoms with Crippen molar-refractivity contribution in [2.45, 2.75) is 25.0 Å². The normalized spacial score (nSPS) is 12.8. The fraction of sp³-hybridized carbons (Fsp3) is 0.444. The first-order valence-electron chi connectivity index (χ1n) is 4.17. The van der Waals surface area contributed by atoms with Gasteiger partial charge in [0.05, 0.1) is 4.75 Å². The van der Waals surface area contributed by atoms with Gasteiger partial charge in [0.1, 0.15) is 0 Å². The molecule has 78 valence electrons. The van der Waals surface area contributed by atoms with E-state index in [1.807, 2.05) is 6.07 Å². The highest BCUT2D eigenvalue weighted by Gasteiger charge is 2.32. The third-order valence-corrected chi connectivity index (χ3v) is 4.71. The van der Waals surface area contributed by atoms with Crippen LogP contribution < -0.4 is 0 Å². The Morgan fingerprint density at radius 3 is 2.50 bits per heavy atom. The molecule has 0 saturated heterocycles. The van der Waals surface area contributed by atoms with Crippen molar-refractivity contribution >= 4 is 19.7 Å². The van der Waals surface area contributed by atoms with Gasteiger partial charge < -0.3 is 0 Å². The van der Waals surface area contributed by atoms with Crippen LogP contribution in [0.15, 0.2) is 24.4 Å². The van der Waals surface area contributed by atoms with Crippen molar-refractivity contribution in [1.29, 1.82) is 0 Å². The monoisotopic (exact) mass is 233 g/mol. The molecular weight excluding hydrogens is 222 g/mol. The van der Waals surface area contributed by atoms with Gasteiger partial charge in [0.2, 0.25) is 9.05 Å². The van der Waals surface area contributed by atoms with Crippen LogP contribution in [0.25, 0.3) is 0 Å². The third kappa shape index (κ3) is 2.69. The van der Waals surface area contributed by atoms with Crippen molar-refractivity contribution in [1.82, 2.24) is 4.98 Å². The summed E-state index contributed by atoms with van der Waals surface area (Å²) in [5, 5.41) is 0. The van der Waals surface area contributed by atoms with Gasteiger partial charge in [-0.05, 0) is 26.0 Å².